The molecular weight excluding hydrogens is 342 g/mol. The molecule has 1 heterocycles. The third-order valence-corrected chi connectivity index (χ3v) is 4.11. The Hall–Kier alpha value is -2.89. The number of phenolic OH excluding ortho intramolecular Hbond substituents is 1. The standard InChI is InChI=1S/C21H27N3O3.H2/c1-5-18-13-23-21(27-18)9-6-14(2)12-22-16(4)24-20(26)11-17-7-8-19(25)15(3)10-17;/h7-8,10,12-13,25H,5-6,9,11H2,1-4H3,(H,22,24,26);1H/b14-12+;. The summed E-state index contributed by atoms with van der Waals surface area (Å²) in [7, 11) is 0. The van der Waals surface area contributed by atoms with E-state index in [-0.39, 0.29) is 19.5 Å². The van der Waals surface area contributed by atoms with Gasteiger partial charge in [0.15, 0.2) is 5.89 Å². The van der Waals surface area contributed by atoms with Crippen molar-refractivity contribution in [2.45, 2.75) is 53.4 Å². The number of amidine groups is 1. The van der Waals surface area contributed by atoms with E-state index in [0.29, 0.717) is 5.84 Å². The number of hydrogen-bond donors (Lipinski definition) is 2. The molecule has 1 aromatic carbocycles. The second-order valence-electron chi connectivity index (χ2n) is 6.61. The number of amides is 1. The Morgan fingerprint density at radius 1 is 1.41 bits per heavy atom. The lowest BCUT2D eigenvalue weighted by Crippen LogP contribution is -2.29. The van der Waals surface area contributed by atoms with E-state index >= 15 is 0 Å². The normalized spacial score (nSPS) is 12.3. The van der Waals surface area contributed by atoms with Gasteiger partial charge in [0.1, 0.15) is 17.3 Å². The molecule has 6 heteroatoms. The molecule has 2 rings (SSSR count). The van der Waals surface area contributed by atoms with Crippen molar-refractivity contribution in [1.82, 2.24) is 10.3 Å². The van der Waals surface area contributed by atoms with Crippen LogP contribution in [0.25, 0.3) is 0 Å². The smallest absolute Gasteiger partial charge is 0.229 e. The summed E-state index contributed by atoms with van der Waals surface area (Å²) in [6, 6.07) is 5.14. The molecule has 27 heavy (non-hydrogen) atoms. The molecule has 0 aliphatic rings. The summed E-state index contributed by atoms with van der Waals surface area (Å²) in [6.07, 6.45) is 6.12. The summed E-state index contributed by atoms with van der Waals surface area (Å²) in [5, 5.41) is 12.3. The van der Waals surface area contributed by atoms with Gasteiger partial charge in [-0.3, -0.25) is 4.79 Å². The summed E-state index contributed by atoms with van der Waals surface area (Å²) < 4.78 is 5.59. The van der Waals surface area contributed by atoms with E-state index in [1.54, 1.807) is 44.4 Å². The number of phenols is 1. The monoisotopic (exact) mass is 371 g/mol. The first-order valence-electron chi connectivity index (χ1n) is 9.09. The quantitative estimate of drug-likeness (QED) is 0.566. The van der Waals surface area contributed by atoms with Gasteiger partial charge in [-0.25, -0.2) is 9.98 Å². The molecule has 0 aliphatic carbocycles. The second-order valence-corrected chi connectivity index (χ2v) is 6.61. The Kier molecular flexibility index (Phi) is 7.34. The Morgan fingerprint density at radius 3 is 2.85 bits per heavy atom. The summed E-state index contributed by atoms with van der Waals surface area (Å²) in [6.45, 7) is 7.58. The molecule has 0 radical (unpaired) electrons. The number of aromatic nitrogens is 1. The van der Waals surface area contributed by atoms with Crippen molar-refractivity contribution in [2.75, 3.05) is 0 Å². The SMILES string of the molecule is CCc1cnc(CC/C(C)=C/N=C(C)NC(=O)Cc2ccc(O)c(C)c2)o1.[HH]. The first-order chi connectivity index (χ1) is 12.9. The van der Waals surface area contributed by atoms with Crippen molar-refractivity contribution in [3.05, 3.63) is 58.9 Å². The number of nitrogens with zero attached hydrogens (tertiary/aromatic N) is 2. The molecule has 0 aliphatic heterocycles. The van der Waals surface area contributed by atoms with Gasteiger partial charge < -0.3 is 14.8 Å². The largest absolute Gasteiger partial charge is 0.508 e. The van der Waals surface area contributed by atoms with Gasteiger partial charge in [0, 0.05) is 20.5 Å². The van der Waals surface area contributed by atoms with Gasteiger partial charge >= 0.3 is 0 Å². The third-order valence-electron chi connectivity index (χ3n) is 4.11. The first-order valence-corrected chi connectivity index (χ1v) is 9.09. The zero-order valence-electron chi connectivity index (χ0n) is 16.4. The number of aliphatic imine (C=N–C) groups is 1. The minimum absolute atomic E-state index is 0. The van der Waals surface area contributed by atoms with Crippen LogP contribution < -0.4 is 5.32 Å². The van der Waals surface area contributed by atoms with Gasteiger partial charge in [-0.05, 0) is 44.4 Å². The average molecular weight is 371 g/mol. The number of carbonyl (C=O) groups excluding carboxylic acids is 1. The highest BCUT2D eigenvalue weighted by molar-refractivity contribution is 5.97. The maximum Gasteiger partial charge on any atom is 0.229 e. The van der Waals surface area contributed by atoms with Crippen molar-refractivity contribution >= 4 is 11.7 Å². The van der Waals surface area contributed by atoms with Crippen LogP contribution in [0, 0.1) is 6.92 Å². The average Bonchev–Trinajstić information content (AvgIpc) is 3.09. The fourth-order valence-electron chi connectivity index (χ4n) is 2.49. The van der Waals surface area contributed by atoms with Gasteiger partial charge in [0.05, 0.1) is 12.6 Å². The minimum atomic E-state index is -0.140. The predicted molar refractivity (Wildman–Crippen MR) is 108 cm³/mol. The van der Waals surface area contributed by atoms with Crippen molar-refractivity contribution in [2.24, 2.45) is 4.99 Å². The molecule has 1 amide bonds. The van der Waals surface area contributed by atoms with Crippen molar-refractivity contribution in [3.63, 3.8) is 0 Å². The zero-order valence-corrected chi connectivity index (χ0v) is 16.4. The van der Waals surface area contributed by atoms with E-state index in [1.165, 1.54) is 0 Å². The highest BCUT2D eigenvalue weighted by atomic mass is 16.4. The number of carbonyl (C=O) groups is 1. The molecule has 0 atom stereocenters. The van der Waals surface area contributed by atoms with Gasteiger partial charge in [-0.15, -0.1) is 0 Å². The molecule has 2 N–H and O–H groups in total. The summed E-state index contributed by atoms with van der Waals surface area (Å²) in [4.78, 5) is 20.7. The topological polar surface area (TPSA) is 87.7 Å². The number of oxazole rings is 1. The number of allylic oxidation sites excluding steroid dienone is 1. The van der Waals surface area contributed by atoms with Gasteiger partial charge in [0.25, 0.3) is 0 Å². The lowest BCUT2D eigenvalue weighted by molar-refractivity contribution is -0.119. The van der Waals surface area contributed by atoms with E-state index in [4.69, 9.17) is 4.42 Å². The molecule has 0 spiro atoms. The first kappa shape index (κ1) is 20.4. The van der Waals surface area contributed by atoms with Crippen LogP contribution in [0.4, 0.5) is 0 Å². The summed E-state index contributed by atoms with van der Waals surface area (Å²) in [5.41, 5.74) is 2.68. The van der Waals surface area contributed by atoms with Crippen LogP contribution in [0.1, 0.15) is 51.4 Å². The highest BCUT2D eigenvalue weighted by Gasteiger charge is 2.06. The van der Waals surface area contributed by atoms with Crippen molar-refractivity contribution < 1.29 is 15.7 Å². The van der Waals surface area contributed by atoms with Gasteiger partial charge in [-0.1, -0.05) is 24.6 Å². The summed E-state index contributed by atoms with van der Waals surface area (Å²) >= 11 is 0. The molecule has 0 bridgehead atoms. The fourth-order valence-corrected chi connectivity index (χ4v) is 2.49. The molecule has 0 unspecified atom stereocenters. The molecule has 146 valence electrons. The second kappa shape index (κ2) is 9.71. The van der Waals surface area contributed by atoms with Crippen LogP contribution in [0.3, 0.4) is 0 Å². The molecule has 1 aromatic heterocycles. The van der Waals surface area contributed by atoms with E-state index in [2.05, 4.69) is 15.3 Å². The number of benzene rings is 1. The third kappa shape index (κ3) is 6.73. The van der Waals surface area contributed by atoms with Crippen LogP contribution in [-0.4, -0.2) is 21.8 Å². The van der Waals surface area contributed by atoms with Crippen molar-refractivity contribution in [1.29, 1.82) is 0 Å². The molecule has 2 aromatic rings. The number of rotatable bonds is 7. The fraction of sp³-hybridized carbons (Fsp3) is 0.381. The molecular formula is C21H29N3O3. The number of aromatic hydroxyl groups is 1. The zero-order chi connectivity index (χ0) is 19.8. The maximum atomic E-state index is 12.1. The Balaban J connectivity index is 0.00000392. The Labute approximate surface area is 161 Å². The van der Waals surface area contributed by atoms with Gasteiger partial charge in [-0.2, -0.15) is 0 Å². The minimum Gasteiger partial charge on any atom is -0.508 e. The Bertz CT molecular complexity index is 856. The molecule has 0 saturated carbocycles. The lowest BCUT2D eigenvalue weighted by atomic mass is 10.1. The number of hydrogen-bond acceptors (Lipinski definition) is 5. The highest BCUT2D eigenvalue weighted by Crippen LogP contribution is 2.17. The number of aryl methyl sites for hydroxylation is 3. The molecule has 0 saturated heterocycles. The molecule has 6 nitrogen and oxygen atoms in total. The van der Waals surface area contributed by atoms with E-state index in [9.17, 15) is 9.90 Å². The van der Waals surface area contributed by atoms with Gasteiger partial charge in [0.2, 0.25) is 5.91 Å². The molecule has 0 fully saturated rings. The van der Waals surface area contributed by atoms with Crippen LogP contribution >= 0.6 is 0 Å². The number of nitrogens with one attached hydrogen (secondary N) is 1. The predicted octanol–water partition coefficient (Wildman–Crippen LogP) is 4.11. The van der Waals surface area contributed by atoms with E-state index < -0.39 is 0 Å². The van der Waals surface area contributed by atoms with Crippen LogP contribution in [-0.2, 0) is 24.1 Å². The Morgan fingerprint density at radius 2 is 2.19 bits per heavy atom. The van der Waals surface area contributed by atoms with Crippen LogP contribution in [0.15, 0.2) is 45.6 Å². The van der Waals surface area contributed by atoms with Crippen LogP contribution in [0.2, 0.25) is 0 Å². The maximum absolute atomic E-state index is 12.1. The van der Waals surface area contributed by atoms with E-state index in [0.717, 1.165) is 47.6 Å². The van der Waals surface area contributed by atoms with Crippen LogP contribution in [0.5, 0.6) is 5.75 Å². The van der Waals surface area contributed by atoms with E-state index in [1.807, 2.05) is 13.8 Å². The lowest BCUT2D eigenvalue weighted by Gasteiger charge is -2.06. The summed E-state index contributed by atoms with van der Waals surface area (Å²) in [5.74, 6) is 2.26. The van der Waals surface area contributed by atoms with Crippen molar-refractivity contribution in [3.8, 4) is 5.75 Å².